The van der Waals surface area contributed by atoms with Gasteiger partial charge in [-0.3, -0.25) is 5.84 Å². The molecule has 0 saturated heterocycles. The van der Waals surface area contributed by atoms with Gasteiger partial charge in [0.15, 0.2) is 0 Å². The lowest BCUT2D eigenvalue weighted by Crippen LogP contribution is -2.30. The van der Waals surface area contributed by atoms with Gasteiger partial charge in [-0.05, 0) is 29.9 Å². The molecule has 18 heavy (non-hydrogen) atoms. The Balaban J connectivity index is 1.99. The number of hydrogen-bond donors (Lipinski definition) is 2. The number of nitrogens with zero attached hydrogens (tertiary/aromatic N) is 1. The third-order valence-electron chi connectivity index (χ3n) is 3.77. The summed E-state index contributed by atoms with van der Waals surface area (Å²) in [6.07, 6.45) is 3.94. The summed E-state index contributed by atoms with van der Waals surface area (Å²) >= 11 is 1.61. The molecule has 1 aliphatic carbocycles. The molecule has 1 aromatic carbocycles. The molecule has 1 saturated carbocycles. The van der Waals surface area contributed by atoms with Gasteiger partial charge in [0.2, 0.25) is 0 Å². The first-order chi connectivity index (χ1) is 8.90. The summed E-state index contributed by atoms with van der Waals surface area (Å²) in [5, 5.41) is 2.06. The summed E-state index contributed by atoms with van der Waals surface area (Å²) in [4.78, 5) is 4.38. The molecule has 1 heterocycles. The van der Waals surface area contributed by atoms with Crippen LogP contribution in [0.4, 0.5) is 0 Å². The summed E-state index contributed by atoms with van der Waals surface area (Å²) in [5.74, 6) is 6.44. The van der Waals surface area contributed by atoms with E-state index in [0.29, 0.717) is 5.92 Å². The Morgan fingerprint density at radius 3 is 2.78 bits per heavy atom. The average molecular weight is 259 g/mol. The number of benzene rings is 1. The van der Waals surface area contributed by atoms with Crippen LogP contribution >= 0.6 is 11.3 Å². The maximum atomic E-state index is 5.74. The second kappa shape index (κ2) is 5.18. The first-order valence-corrected chi connectivity index (χ1v) is 7.27. The molecule has 3 nitrogen and oxygen atoms in total. The lowest BCUT2D eigenvalue weighted by molar-refractivity contribution is 0.414. The number of aromatic nitrogens is 1. The van der Waals surface area contributed by atoms with Gasteiger partial charge >= 0.3 is 0 Å². The van der Waals surface area contributed by atoms with E-state index in [2.05, 4.69) is 40.1 Å². The van der Waals surface area contributed by atoms with Crippen LogP contribution in [0.25, 0.3) is 0 Å². The smallest absolute Gasteiger partial charge is 0.0892 e. The molecule has 1 atom stereocenters. The zero-order valence-corrected chi connectivity index (χ0v) is 11.0. The second-order valence-electron chi connectivity index (χ2n) is 4.77. The SMILES string of the molecule is NNC(c1cscn1)c1ccccc1C1CCC1. The Morgan fingerprint density at radius 1 is 1.33 bits per heavy atom. The summed E-state index contributed by atoms with van der Waals surface area (Å²) in [6, 6.07) is 8.60. The molecule has 0 spiro atoms. The summed E-state index contributed by atoms with van der Waals surface area (Å²) in [7, 11) is 0. The minimum Gasteiger partial charge on any atom is -0.271 e. The molecule has 1 unspecified atom stereocenters. The molecule has 0 aliphatic heterocycles. The molecular weight excluding hydrogens is 242 g/mol. The van der Waals surface area contributed by atoms with Gasteiger partial charge in [0, 0.05) is 5.38 Å². The fourth-order valence-corrected chi connectivity index (χ4v) is 3.14. The molecule has 3 rings (SSSR count). The van der Waals surface area contributed by atoms with Crippen LogP contribution in [0.3, 0.4) is 0 Å². The summed E-state index contributed by atoms with van der Waals surface area (Å²) in [5.41, 5.74) is 8.47. The molecule has 94 valence electrons. The number of nitrogens with one attached hydrogen (secondary N) is 1. The highest BCUT2D eigenvalue weighted by Gasteiger charge is 2.25. The fourth-order valence-electron chi connectivity index (χ4n) is 2.56. The van der Waals surface area contributed by atoms with Crippen LogP contribution < -0.4 is 11.3 Å². The van der Waals surface area contributed by atoms with Crippen molar-refractivity contribution in [3.8, 4) is 0 Å². The Morgan fingerprint density at radius 2 is 2.17 bits per heavy atom. The molecule has 1 aliphatic rings. The molecule has 3 N–H and O–H groups in total. The highest BCUT2D eigenvalue weighted by atomic mass is 32.1. The van der Waals surface area contributed by atoms with Crippen molar-refractivity contribution in [1.82, 2.24) is 10.4 Å². The number of nitrogens with two attached hydrogens (primary N) is 1. The van der Waals surface area contributed by atoms with E-state index in [1.54, 1.807) is 11.3 Å². The number of hydrazine groups is 1. The van der Waals surface area contributed by atoms with Crippen LogP contribution in [-0.2, 0) is 0 Å². The van der Waals surface area contributed by atoms with Crippen molar-refractivity contribution in [2.45, 2.75) is 31.2 Å². The molecule has 1 aromatic heterocycles. The van der Waals surface area contributed by atoms with Gasteiger partial charge in [0.05, 0.1) is 17.2 Å². The highest BCUT2D eigenvalue weighted by molar-refractivity contribution is 7.07. The van der Waals surface area contributed by atoms with Crippen LogP contribution in [0.5, 0.6) is 0 Å². The van der Waals surface area contributed by atoms with E-state index < -0.39 is 0 Å². The van der Waals surface area contributed by atoms with Gasteiger partial charge in [-0.2, -0.15) is 0 Å². The minimum absolute atomic E-state index is 0.00745. The van der Waals surface area contributed by atoms with E-state index in [9.17, 15) is 0 Å². The fraction of sp³-hybridized carbons (Fsp3) is 0.357. The first-order valence-electron chi connectivity index (χ1n) is 6.33. The summed E-state index contributed by atoms with van der Waals surface area (Å²) in [6.45, 7) is 0. The first kappa shape index (κ1) is 11.8. The van der Waals surface area contributed by atoms with Crippen LogP contribution in [0.15, 0.2) is 35.2 Å². The predicted molar refractivity (Wildman–Crippen MR) is 74.3 cm³/mol. The van der Waals surface area contributed by atoms with Crippen molar-refractivity contribution in [3.05, 3.63) is 52.0 Å². The van der Waals surface area contributed by atoms with Crippen LogP contribution in [-0.4, -0.2) is 4.98 Å². The molecule has 2 aromatic rings. The number of thiazole rings is 1. The van der Waals surface area contributed by atoms with Crippen molar-refractivity contribution in [2.75, 3.05) is 0 Å². The average Bonchev–Trinajstić information content (AvgIpc) is 2.84. The third-order valence-corrected chi connectivity index (χ3v) is 4.37. The lowest BCUT2D eigenvalue weighted by atomic mass is 9.77. The Hall–Kier alpha value is -1.23. The van der Waals surface area contributed by atoms with Gasteiger partial charge in [0.1, 0.15) is 0 Å². The normalized spacial score (nSPS) is 17.4. The van der Waals surface area contributed by atoms with Crippen molar-refractivity contribution in [3.63, 3.8) is 0 Å². The van der Waals surface area contributed by atoms with E-state index in [1.165, 1.54) is 30.4 Å². The van der Waals surface area contributed by atoms with Crippen molar-refractivity contribution in [2.24, 2.45) is 5.84 Å². The standard InChI is InChI=1S/C14H17N3S/c15-17-14(13-8-18-9-16-13)12-7-2-1-6-11(12)10-4-3-5-10/h1-2,6-10,14,17H,3-5,15H2. The van der Waals surface area contributed by atoms with E-state index in [1.807, 2.05) is 5.51 Å². The van der Waals surface area contributed by atoms with E-state index in [4.69, 9.17) is 5.84 Å². The van der Waals surface area contributed by atoms with Gasteiger partial charge < -0.3 is 0 Å². The number of rotatable bonds is 4. The molecule has 0 radical (unpaired) electrons. The molecule has 0 amide bonds. The largest absolute Gasteiger partial charge is 0.271 e. The monoisotopic (exact) mass is 259 g/mol. The molecule has 0 bridgehead atoms. The van der Waals surface area contributed by atoms with Gasteiger partial charge in [-0.1, -0.05) is 30.7 Å². The van der Waals surface area contributed by atoms with Crippen molar-refractivity contribution >= 4 is 11.3 Å². The summed E-state index contributed by atoms with van der Waals surface area (Å²) < 4.78 is 0. The number of hydrogen-bond acceptors (Lipinski definition) is 4. The topological polar surface area (TPSA) is 50.9 Å². The Labute approximate surface area is 111 Å². The maximum absolute atomic E-state index is 5.74. The van der Waals surface area contributed by atoms with Gasteiger partial charge in [0.25, 0.3) is 0 Å². The molecular formula is C14H17N3S. The molecule has 4 heteroatoms. The second-order valence-corrected chi connectivity index (χ2v) is 5.49. The van der Waals surface area contributed by atoms with Crippen molar-refractivity contribution in [1.29, 1.82) is 0 Å². The maximum Gasteiger partial charge on any atom is 0.0892 e. The Bertz CT molecular complexity index is 506. The van der Waals surface area contributed by atoms with Gasteiger partial charge in [-0.15, -0.1) is 11.3 Å². The van der Waals surface area contributed by atoms with Crippen LogP contribution in [0.1, 0.15) is 48.0 Å². The van der Waals surface area contributed by atoms with E-state index >= 15 is 0 Å². The van der Waals surface area contributed by atoms with E-state index in [-0.39, 0.29) is 6.04 Å². The lowest BCUT2D eigenvalue weighted by Gasteiger charge is -2.30. The third kappa shape index (κ3) is 2.07. The molecule has 1 fully saturated rings. The van der Waals surface area contributed by atoms with Crippen molar-refractivity contribution < 1.29 is 0 Å². The highest BCUT2D eigenvalue weighted by Crippen LogP contribution is 2.40. The predicted octanol–water partition coefficient (Wildman–Crippen LogP) is 2.96. The van der Waals surface area contributed by atoms with Crippen LogP contribution in [0.2, 0.25) is 0 Å². The quantitative estimate of drug-likeness (QED) is 0.655. The zero-order valence-electron chi connectivity index (χ0n) is 10.2. The van der Waals surface area contributed by atoms with E-state index in [0.717, 1.165) is 5.69 Å². The Kier molecular flexibility index (Phi) is 3.41. The minimum atomic E-state index is 0.00745. The van der Waals surface area contributed by atoms with Crippen LogP contribution in [0, 0.1) is 0 Å². The van der Waals surface area contributed by atoms with Gasteiger partial charge in [-0.25, -0.2) is 10.4 Å². The zero-order chi connectivity index (χ0) is 12.4.